The Morgan fingerprint density at radius 2 is 1.19 bits per heavy atom. The van der Waals surface area contributed by atoms with Gasteiger partial charge in [-0.1, -0.05) is 0 Å². The van der Waals surface area contributed by atoms with Gasteiger partial charge in [0.1, 0.15) is 0 Å². The minimum Gasteiger partial charge on any atom is -0.393 e. The van der Waals surface area contributed by atoms with Crippen LogP contribution >= 0.6 is 0 Å². The highest BCUT2D eigenvalue weighted by atomic mass is 16.3. The van der Waals surface area contributed by atoms with E-state index in [0.29, 0.717) is 6.04 Å². The van der Waals surface area contributed by atoms with Crippen molar-refractivity contribution in [3.63, 3.8) is 0 Å². The Hall–Kier alpha value is -0.120. The Morgan fingerprint density at radius 1 is 0.750 bits per heavy atom. The average molecular weight is 226 g/mol. The monoisotopic (exact) mass is 226 g/mol. The number of aliphatic hydroxyl groups is 1. The molecule has 0 aromatic rings. The molecule has 0 aromatic carbocycles. The molecule has 0 atom stereocenters. The first-order chi connectivity index (χ1) is 7.78. The lowest BCUT2D eigenvalue weighted by atomic mass is 9.88. The van der Waals surface area contributed by atoms with Gasteiger partial charge in [0.25, 0.3) is 0 Å². The van der Waals surface area contributed by atoms with Crippen molar-refractivity contribution in [3.05, 3.63) is 0 Å². The summed E-state index contributed by atoms with van der Waals surface area (Å²) < 4.78 is 0. The topological polar surface area (TPSA) is 44.3 Å². The van der Waals surface area contributed by atoms with E-state index in [4.69, 9.17) is 0 Å². The summed E-state index contributed by atoms with van der Waals surface area (Å²) in [6.45, 7) is 0. The molecule has 0 saturated heterocycles. The molecule has 2 aliphatic carbocycles. The molecule has 0 aliphatic heterocycles. The molecular formula is C13H26N2O. The van der Waals surface area contributed by atoms with Crippen molar-refractivity contribution in [1.29, 1.82) is 0 Å². The standard InChI is InChI=1S/C13H26N2O/c1-14-10-2-4-11(5-3-10)15-12-6-8-13(16)9-7-12/h10-16H,2-9H2,1H3. The van der Waals surface area contributed by atoms with Gasteiger partial charge < -0.3 is 15.7 Å². The van der Waals surface area contributed by atoms with E-state index in [2.05, 4.69) is 17.7 Å². The van der Waals surface area contributed by atoms with Gasteiger partial charge >= 0.3 is 0 Å². The summed E-state index contributed by atoms with van der Waals surface area (Å²) in [5.74, 6) is 0. The third-order valence-corrected chi connectivity index (χ3v) is 4.30. The lowest BCUT2D eigenvalue weighted by Gasteiger charge is -2.34. The van der Waals surface area contributed by atoms with Crippen molar-refractivity contribution in [2.45, 2.75) is 75.6 Å². The lowest BCUT2D eigenvalue weighted by molar-refractivity contribution is 0.112. The Morgan fingerprint density at radius 3 is 1.69 bits per heavy atom. The second kappa shape index (κ2) is 5.99. The Labute approximate surface area is 99.0 Å². The third-order valence-electron chi connectivity index (χ3n) is 4.30. The lowest BCUT2D eigenvalue weighted by Crippen LogP contribution is -2.44. The van der Waals surface area contributed by atoms with Gasteiger partial charge in [0, 0.05) is 18.1 Å². The number of rotatable bonds is 3. The van der Waals surface area contributed by atoms with Crippen LogP contribution in [0.1, 0.15) is 51.4 Å². The van der Waals surface area contributed by atoms with Gasteiger partial charge in [-0.2, -0.15) is 0 Å². The number of hydrogen-bond acceptors (Lipinski definition) is 3. The maximum Gasteiger partial charge on any atom is 0.0541 e. The maximum absolute atomic E-state index is 9.46. The molecule has 0 heterocycles. The molecule has 0 spiro atoms. The van der Waals surface area contributed by atoms with E-state index < -0.39 is 0 Å². The number of nitrogens with one attached hydrogen (secondary N) is 2. The van der Waals surface area contributed by atoms with Crippen LogP contribution in [0, 0.1) is 0 Å². The molecule has 94 valence electrons. The molecule has 16 heavy (non-hydrogen) atoms. The third kappa shape index (κ3) is 3.44. The van der Waals surface area contributed by atoms with E-state index in [-0.39, 0.29) is 6.10 Å². The molecule has 3 heteroatoms. The first kappa shape index (κ1) is 12.3. The van der Waals surface area contributed by atoms with Gasteiger partial charge in [-0.05, 0) is 58.4 Å². The van der Waals surface area contributed by atoms with E-state index in [1.54, 1.807) is 0 Å². The van der Waals surface area contributed by atoms with Crippen molar-refractivity contribution in [3.8, 4) is 0 Å². The zero-order valence-corrected chi connectivity index (χ0v) is 10.4. The molecule has 0 bridgehead atoms. The van der Waals surface area contributed by atoms with E-state index in [1.165, 1.54) is 25.7 Å². The summed E-state index contributed by atoms with van der Waals surface area (Å²) in [6, 6.07) is 2.13. The van der Waals surface area contributed by atoms with Gasteiger partial charge in [-0.3, -0.25) is 0 Å². The normalized spacial score (nSPS) is 40.9. The van der Waals surface area contributed by atoms with E-state index in [1.807, 2.05) is 0 Å². The van der Waals surface area contributed by atoms with Gasteiger partial charge in [-0.15, -0.1) is 0 Å². The Kier molecular flexibility index (Phi) is 4.62. The molecule has 0 radical (unpaired) electrons. The highest BCUT2D eigenvalue weighted by molar-refractivity contribution is 4.84. The van der Waals surface area contributed by atoms with Crippen LogP contribution in [0.5, 0.6) is 0 Å². The van der Waals surface area contributed by atoms with Crippen LogP contribution < -0.4 is 10.6 Å². The van der Waals surface area contributed by atoms with Crippen LogP contribution in [0.25, 0.3) is 0 Å². The largest absolute Gasteiger partial charge is 0.393 e. The molecule has 2 fully saturated rings. The van der Waals surface area contributed by atoms with E-state index >= 15 is 0 Å². The highest BCUT2D eigenvalue weighted by Crippen LogP contribution is 2.23. The summed E-state index contributed by atoms with van der Waals surface area (Å²) >= 11 is 0. The van der Waals surface area contributed by atoms with Crippen LogP contribution in [-0.4, -0.2) is 36.4 Å². The van der Waals surface area contributed by atoms with Crippen molar-refractivity contribution < 1.29 is 5.11 Å². The predicted molar refractivity (Wildman–Crippen MR) is 66.5 cm³/mol. The van der Waals surface area contributed by atoms with Crippen LogP contribution in [0.4, 0.5) is 0 Å². The fourth-order valence-electron chi connectivity index (χ4n) is 3.12. The summed E-state index contributed by atoms with van der Waals surface area (Å²) in [5, 5.41) is 16.6. The summed E-state index contributed by atoms with van der Waals surface area (Å²) in [7, 11) is 2.07. The second-order valence-corrected chi connectivity index (χ2v) is 5.51. The first-order valence-corrected chi connectivity index (χ1v) is 6.89. The predicted octanol–water partition coefficient (Wildman–Crippen LogP) is 1.41. The zero-order chi connectivity index (χ0) is 11.4. The molecule has 2 saturated carbocycles. The fourth-order valence-corrected chi connectivity index (χ4v) is 3.12. The van der Waals surface area contributed by atoms with Crippen molar-refractivity contribution in [2.24, 2.45) is 0 Å². The van der Waals surface area contributed by atoms with Gasteiger partial charge in [0.2, 0.25) is 0 Å². The van der Waals surface area contributed by atoms with Crippen LogP contribution in [0.2, 0.25) is 0 Å². The summed E-state index contributed by atoms with van der Waals surface area (Å²) in [6.07, 6.45) is 9.51. The van der Waals surface area contributed by atoms with E-state index in [0.717, 1.165) is 37.8 Å². The van der Waals surface area contributed by atoms with Crippen molar-refractivity contribution in [2.75, 3.05) is 7.05 Å². The minimum absolute atomic E-state index is 0.0296. The Balaban J connectivity index is 1.66. The second-order valence-electron chi connectivity index (χ2n) is 5.51. The summed E-state index contributed by atoms with van der Waals surface area (Å²) in [5.41, 5.74) is 0. The molecule has 0 aromatic heterocycles. The SMILES string of the molecule is CNC1CCC(NC2CCC(O)CC2)CC1. The zero-order valence-electron chi connectivity index (χ0n) is 10.4. The molecular weight excluding hydrogens is 200 g/mol. The number of aliphatic hydroxyl groups excluding tert-OH is 1. The summed E-state index contributed by atoms with van der Waals surface area (Å²) in [4.78, 5) is 0. The smallest absolute Gasteiger partial charge is 0.0541 e. The molecule has 0 unspecified atom stereocenters. The number of hydrogen-bond donors (Lipinski definition) is 3. The maximum atomic E-state index is 9.46. The quantitative estimate of drug-likeness (QED) is 0.682. The Bertz CT molecular complexity index is 194. The molecule has 3 N–H and O–H groups in total. The first-order valence-electron chi connectivity index (χ1n) is 6.89. The minimum atomic E-state index is -0.0296. The van der Waals surface area contributed by atoms with E-state index in [9.17, 15) is 5.11 Å². The fraction of sp³-hybridized carbons (Fsp3) is 1.00. The van der Waals surface area contributed by atoms with Crippen LogP contribution in [0.15, 0.2) is 0 Å². The van der Waals surface area contributed by atoms with Gasteiger partial charge in [0.05, 0.1) is 6.10 Å². The molecule has 3 nitrogen and oxygen atoms in total. The molecule has 0 amide bonds. The molecule has 2 aliphatic rings. The van der Waals surface area contributed by atoms with Crippen molar-refractivity contribution >= 4 is 0 Å². The van der Waals surface area contributed by atoms with Crippen molar-refractivity contribution in [1.82, 2.24) is 10.6 Å². The molecule has 2 rings (SSSR count). The average Bonchev–Trinajstić information content (AvgIpc) is 2.33. The van der Waals surface area contributed by atoms with Gasteiger partial charge in [-0.25, -0.2) is 0 Å². The van der Waals surface area contributed by atoms with Crippen LogP contribution in [0.3, 0.4) is 0 Å². The van der Waals surface area contributed by atoms with Crippen LogP contribution in [-0.2, 0) is 0 Å². The highest BCUT2D eigenvalue weighted by Gasteiger charge is 2.24. The van der Waals surface area contributed by atoms with Gasteiger partial charge in [0.15, 0.2) is 0 Å².